The van der Waals surface area contributed by atoms with Crippen molar-refractivity contribution in [2.45, 2.75) is 27.2 Å². The summed E-state index contributed by atoms with van der Waals surface area (Å²) in [4.78, 5) is 4.33. The standard InChI is InChI=1S/C8H9NO.C2H6/c1-6-2-3-8-7(9-6)4-5-10-8;1-2/h2-3H,4-5H2,1H3;1-2H3. The highest BCUT2D eigenvalue weighted by molar-refractivity contribution is 5.31. The molecule has 0 N–H and O–H groups in total. The van der Waals surface area contributed by atoms with Gasteiger partial charge in [0.2, 0.25) is 0 Å². The summed E-state index contributed by atoms with van der Waals surface area (Å²) in [6.45, 7) is 6.80. The average molecular weight is 165 g/mol. The molecule has 1 aliphatic rings. The second kappa shape index (κ2) is 4.10. The van der Waals surface area contributed by atoms with E-state index in [9.17, 15) is 0 Å². The van der Waals surface area contributed by atoms with Crippen LogP contribution < -0.4 is 4.74 Å². The number of pyridine rings is 1. The summed E-state index contributed by atoms with van der Waals surface area (Å²) in [5.74, 6) is 0.964. The molecule has 12 heavy (non-hydrogen) atoms. The molecule has 0 spiro atoms. The van der Waals surface area contributed by atoms with Crippen molar-refractivity contribution in [3.63, 3.8) is 0 Å². The molecule has 1 aromatic rings. The Hall–Kier alpha value is -1.05. The number of nitrogens with zero attached hydrogens (tertiary/aromatic N) is 1. The molecule has 2 heterocycles. The number of hydrogen-bond donors (Lipinski definition) is 0. The third-order valence-electron chi connectivity index (χ3n) is 1.67. The largest absolute Gasteiger partial charge is 0.491 e. The zero-order chi connectivity index (χ0) is 8.97. The number of aromatic nitrogens is 1. The van der Waals surface area contributed by atoms with Crippen LogP contribution in [-0.4, -0.2) is 11.6 Å². The Labute approximate surface area is 73.6 Å². The van der Waals surface area contributed by atoms with Gasteiger partial charge in [-0.1, -0.05) is 13.8 Å². The molecular weight excluding hydrogens is 150 g/mol. The van der Waals surface area contributed by atoms with Crippen LogP contribution in [0.1, 0.15) is 25.2 Å². The van der Waals surface area contributed by atoms with E-state index < -0.39 is 0 Å². The fourth-order valence-electron chi connectivity index (χ4n) is 1.17. The van der Waals surface area contributed by atoms with Gasteiger partial charge in [-0.15, -0.1) is 0 Å². The maximum Gasteiger partial charge on any atom is 0.140 e. The quantitative estimate of drug-likeness (QED) is 0.588. The van der Waals surface area contributed by atoms with E-state index in [1.165, 1.54) is 0 Å². The first-order valence-electron chi connectivity index (χ1n) is 4.45. The van der Waals surface area contributed by atoms with Crippen molar-refractivity contribution in [1.82, 2.24) is 4.98 Å². The number of aryl methyl sites for hydroxylation is 1. The highest BCUT2D eigenvalue weighted by Crippen LogP contribution is 2.22. The van der Waals surface area contributed by atoms with E-state index in [0.717, 1.165) is 30.2 Å². The van der Waals surface area contributed by atoms with E-state index in [0.29, 0.717) is 0 Å². The minimum atomic E-state index is 0.797. The predicted molar refractivity (Wildman–Crippen MR) is 49.5 cm³/mol. The van der Waals surface area contributed by atoms with Gasteiger partial charge in [-0.2, -0.15) is 0 Å². The van der Waals surface area contributed by atoms with E-state index in [1.54, 1.807) is 0 Å². The first-order chi connectivity index (χ1) is 5.86. The first-order valence-corrected chi connectivity index (χ1v) is 4.45. The molecule has 0 saturated carbocycles. The smallest absolute Gasteiger partial charge is 0.140 e. The Balaban J connectivity index is 0.000000336. The van der Waals surface area contributed by atoms with Crippen molar-refractivity contribution in [2.24, 2.45) is 0 Å². The molecule has 0 atom stereocenters. The van der Waals surface area contributed by atoms with Gasteiger partial charge in [-0.3, -0.25) is 4.98 Å². The third kappa shape index (κ3) is 1.76. The zero-order valence-electron chi connectivity index (χ0n) is 7.92. The summed E-state index contributed by atoms with van der Waals surface area (Å²) in [6.07, 6.45) is 0.969. The van der Waals surface area contributed by atoms with Crippen molar-refractivity contribution in [2.75, 3.05) is 6.61 Å². The Kier molecular flexibility index (Phi) is 3.09. The van der Waals surface area contributed by atoms with Crippen LogP contribution >= 0.6 is 0 Å². The van der Waals surface area contributed by atoms with Crippen molar-refractivity contribution >= 4 is 0 Å². The monoisotopic (exact) mass is 165 g/mol. The molecular formula is C10H15NO. The SMILES string of the molecule is CC.Cc1ccc2c(n1)CCO2. The van der Waals surface area contributed by atoms with Crippen LogP contribution in [0.25, 0.3) is 0 Å². The van der Waals surface area contributed by atoms with Crippen LogP contribution in [0.2, 0.25) is 0 Å². The molecule has 0 aromatic carbocycles. The molecule has 1 aromatic heterocycles. The van der Waals surface area contributed by atoms with E-state index in [1.807, 2.05) is 32.9 Å². The molecule has 0 bridgehead atoms. The van der Waals surface area contributed by atoms with Gasteiger partial charge in [0.1, 0.15) is 5.75 Å². The lowest BCUT2D eigenvalue weighted by atomic mass is 10.3. The number of hydrogen-bond acceptors (Lipinski definition) is 2. The summed E-state index contributed by atoms with van der Waals surface area (Å²) >= 11 is 0. The molecule has 2 heteroatoms. The van der Waals surface area contributed by atoms with Crippen LogP contribution in [-0.2, 0) is 6.42 Å². The second-order valence-corrected chi connectivity index (χ2v) is 2.50. The number of rotatable bonds is 0. The van der Waals surface area contributed by atoms with Crippen LogP contribution in [0.15, 0.2) is 12.1 Å². The Morgan fingerprint density at radius 2 is 2.08 bits per heavy atom. The van der Waals surface area contributed by atoms with Gasteiger partial charge < -0.3 is 4.74 Å². The maximum atomic E-state index is 5.29. The van der Waals surface area contributed by atoms with Crippen LogP contribution in [0.5, 0.6) is 5.75 Å². The van der Waals surface area contributed by atoms with Gasteiger partial charge in [-0.05, 0) is 19.1 Å². The average Bonchev–Trinajstić information content (AvgIpc) is 2.54. The van der Waals surface area contributed by atoms with Crippen LogP contribution in [0, 0.1) is 6.92 Å². The van der Waals surface area contributed by atoms with Gasteiger partial charge in [0.25, 0.3) is 0 Å². The second-order valence-electron chi connectivity index (χ2n) is 2.50. The minimum absolute atomic E-state index is 0.797. The molecule has 0 fully saturated rings. The van der Waals surface area contributed by atoms with E-state index in [-0.39, 0.29) is 0 Å². The summed E-state index contributed by atoms with van der Waals surface area (Å²) in [5, 5.41) is 0. The van der Waals surface area contributed by atoms with E-state index in [2.05, 4.69) is 4.98 Å². The van der Waals surface area contributed by atoms with Gasteiger partial charge >= 0.3 is 0 Å². The molecule has 0 amide bonds. The van der Waals surface area contributed by atoms with Gasteiger partial charge in [0.15, 0.2) is 0 Å². The summed E-state index contributed by atoms with van der Waals surface area (Å²) in [7, 11) is 0. The zero-order valence-corrected chi connectivity index (χ0v) is 7.92. The summed E-state index contributed by atoms with van der Waals surface area (Å²) < 4.78 is 5.29. The van der Waals surface area contributed by atoms with Crippen molar-refractivity contribution in [1.29, 1.82) is 0 Å². The molecule has 0 aliphatic carbocycles. The molecule has 0 unspecified atom stereocenters. The molecule has 0 saturated heterocycles. The summed E-state index contributed by atoms with van der Waals surface area (Å²) in [5.41, 5.74) is 2.18. The third-order valence-corrected chi connectivity index (χ3v) is 1.67. The topological polar surface area (TPSA) is 22.1 Å². The lowest BCUT2D eigenvalue weighted by Gasteiger charge is -1.96. The molecule has 2 rings (SSSR count). The van der Waals surface area contributed by atoms with E-state index >= 15 is 0 Å². The predicted octanol–water partition coefficient (Wildman–Crippen LogP) is 2.35. The fraction of sp³-hybridized carbons (Fsp3) is 0.500. The van der Waals surface area contributed by atoms with E-state index in [4.69, 9.17) is 4.74 Å². The maximum absolute atomic E-state index is 5.29. The highest BCUT2D eigenvalue weighted by atomic mass is 16.5. The molecule has 1 aliphatic heterocycles. The Bertz CT molecular complexity index is 258. The lowest BCUT2D eigenvalue weighted by Crippen LogP contribution is -1.86. The molecule has 66 valence electrons. The number of fused-ring (bicyclic) bond motifs is 1. The Morgan fingerprint density at radius 1 is 1.33 bits per heavy atom. The highest BCUT2D eigenvalue weighted by Gasteiger charge is 2.11. The van der Waals surface area contributed by atoms with Crippen LogP contribution in [0.4, 0.5) is 0 Å². The van der Waals surface area contributed by atoms with Gasteiger partial charge in [0, 0.05) is 12.1 Å². The van der Waals surface area contributed by atoms with Crippen molar-refractivity contribution in [3.05, 3.63) is 23.5 Å². The van der Waals surface area contributed by atoms with Crippen LogP contribution in [0.3, 0.4) is 0 Å². The number of ether oxygens (including phenoxy) is 1. The van der Waals surface area contributed by atoms with Gasteiger partial charge in [-0.25, -0.2) is 0 Å². The van der Waals surface area contributed by atoms with Crippen molar-refractivity contribution in [3.8, 4) is 5.75 Å². The van der Waals surface area contributed by atoms with Gasteiger partial charge in [0.05, 0.1) is 12.3 Å². The minimum Gasteiger partial charge on any atom is -0.491 e. The fourth-order valence-corrected chi connectivity index (χ4v) is 1.17. The van der Waals surface area contributed by atoms with Crippen molar-refractivity contribution < 1.29 is 4.74 Å². The lowest BCUT2D eigenvalue weighted by molar-refractivity contribution is 0.357. The normalized spacial score (nSPS) is 12.6. The Morgan fingerprint density at radius 3 is 2.83 bits per heavy atom. The molecule has 2 nitrogen and oxygen atoms in total. The summed E-state index contributed by atoms with van der Waals surface area (Å²) in [6, 6.07) is 3.97. The molecule has 0 radical (unpaired) electrons. The first kappa shape index (κ1) is 9.04.